The van der Waals surface area contributed by atoms with Crippen LogP contribution in [0.15, 0.2) is 42.5 Å². The number of halogens is 3. The van der Waals surface area contributed by atoms with Crippen molar-refractivity contribution in [2.75, 3.05) is 42.1 Å². The standard InChI is InChI=1S/C20H25FN4O.2ClH/c1-14-3-6-17(22)13-19(14)23-20(26)15(2)24-9-11-25(12-10-24)18-7-4-16(21)5-8-18;;/h3-8,13,15H,9-12,22H2,1-2H3,(H,23,26);2*1H. The Morgan fingerprint density at radius 2 is 1.68 bits per heavy atom. The second-order valence-corrected chi connectivity index (χ2v) is 6.74. The predicted molar refractivity (Wildman–Crippen MR) is 118 cm³/mol. The molecule has 1 amide bonds. The molecular weight excluding hydrogens is 402 g/mol. The van der Waals surface area contributed by atoms with Gasteiger partial charge < -0.3 is 16.0 Å². The van der Waals surface area contributed by atoms with Crippen LogP contribution < -0.4 is 16.0 Å². The minimum absolute atomic E-state index is 0. The van der Waals surface area contributed by atoms with Crippen LogP contribution in [0.5, 0.6) is 0 Å². The zero-order valence-corrected chi connectivity index (χ0v) is 17.7. The number of anilines is 3. The van der Waals surface area contributed by atoms with E-state index in [1.165, 1.54) is 12.1 Å². The van der Waals surface area contributed by atoms with Crippen LogP contribution in [0, 0.1) is 12.7 Å². The van der Waals surface area contributed by atoms with Gasteiger partial charge in [0.2, 0.25) is 5.91 Å². The Kier molecular flexibility index (Phi) is 9.01. The summed E-state index contributed by atoms with van der Waals surface area (Å²) in [4.78, 5) is 17.0. The van der Waals surface area contributed by atoms with Gasteiger partial charge in [0.25, 0.3) is 0 Å². The fourth-order valence-corrected chi connectivity index (χ4v) is 3.20. The Labute approximate surface area is 177 Å². The van der Waals surface area contributed by atoms with Gasteiger partial charge in [0.15, 0.2) is 0 Å². The molecule has 1 aliphatic heterocycles. The number of amides is 1. The highest BCUT2D eigenvalue weighted by molar-refractivity contribution is 5.95. The highest BCUT2D eigenvalue weighted by atomic mass is 35.5. The average molecular weight is 429 g/mol. The number of hydrogen-bond donors (Lipinski definition) is 2. The van der Waals surface area contributed by atoms with Gasteiger partial charge in [-0.25, -0.2) is 4.39 Å². The molecule has 28 heavy (non-hydrogen) atoms. The summed E-state index contributed by atoms with van der Waals surface area (Å²) in [5.74, 6) is -0.261. The average Bonchev–Trinajstić information content (AvgIpc) is 2.65. The maximum atomic E-state index is 13.1. The van der Waals surface area contributed by atoms with E-state index in [1.54, 1.807) is 18.2 Å². The van der Waals surface area contributed by atoms with E-state index in [4.69, 9.17) is 5.73 Å². The van der Waals surface area contributed by atoms with E-state index in [9.17, 15) is 9.18 Å². The van der Waals surface area contributed by atoms with E-state index in [0.717, 1.165) is 43.1 Å². The van der Waals surface area contributed by atoms with Crippen LogP contribution in [-0.4, -0.2) is 43.0 Å². The van der Waals surface area contributed by atoms with Crippen LogP contribution in [-0.2, 0) is 4.79 Å². The number of aryl methyl sites for hydroxylation is 1. The lowest BCUT2D eigenvalue weighted by atomic mass is 10.1. The lowest BCUT2D eigenvalue weighted by Gasteiger charge is -2.38. The van der Waals surface area contributed by atoms with Gasteiger partial charge in [-0.05, 0) is 55.8 Å². The maximum Gasteiger partial charge on any atom is 0.241 e. The van der Waals surface area contributed by atoms with Gasteiger partial charge in [0.1, 0.15) is 5.82 Å². The number of piperazine rings is 1. The van der Waals surface area contributed by atoms with Crippen molar-refractivity contribution in [3.05, 3.63) is 53.8 Å². The quantitative estimate of drug-likeness (QED) is 0.728. The first-order valence-corrected chi connectivity index (χ1v) is 8.85. The molecule has 154 valence electrons. The van der Waals surface area contributed by atoms with Crippen molar-refractivity contribution in [3.63, 3.8) is 0 Å². The molecule has 0 aliphatic carbocycles. The lowest BCUT2D eigenvalue weighted by Crippen LogP contribution is -2.52. The normalized spacial score (nSPS) is 15.2. The summed E-state index contributed by atoms with van der Waals surface area (Å²) in [5, 5.41) is 2.98. The number of nitrogens with zero attached hydrogens (tertiary/aromatic N) is 2. The molecule has 0 spiro atoms. The molecule has 0 radical (unpaired) electrons. The summed E-state index contributed by atoms with van der Waals surface area (Å²) < 4.78 is 13.1. The molecule has 3 rings (SSSR count). The van der Waals surface area contributed by atoms with Gasteiger partial charge in [-0.15, -0.1) is 24.8 Å². The molecule has 1 heterocycles. The predicted octanol–water partition coefficient (Wildman–Crippen LogP) is 3.71. The number of nitrogens with one attached hydrogen (secondary N) is 1. The largest absolute Gasteiger partial charge is 0.399 e. The summed E-state index contributed by atoms with van der Waals surface area (Å²) in [5.41, 5.74) is 9.20. The molecule has 5 nitrogen and oxygen atoms in total. The second-order valence-electron chi connectivity index (χ2n) is 6.74. The molecule has 0 aromatic heterocycles. The van der Waals surface area contributed by atoms with Gasteiger partial charge >= 0.3 is 0 Å². The van der Waals surface area contributed by atoms with Gasteiger partial charge in [0.05, 0.1) is 6.04 Å². The van der Waals surface area contributed by atoms with Crippen LogP contribution in [0.4, 0.5) is 21.5 Å². The number of rotatable bonds is 4. The topological polar surface area (TPSA) is 61.6 Å². The molecule has 1 unspecified atom stereocenters. The number of nitrogen functional groups attached to an aromatic ring is 1. The molecule has 1 atom stereocenters. The summed E-state index contributed by atoms with van der Waals surface area (Å²) in [6, 6.07) is 11.8. The maximum absolute atomic E-state index is 13.1. The monoisotopic (exact) mass is 428 g/mol. The van der Waals surface area contributed by atoms with Gasteiger partial charge in [-0.3, -0.25) is 9.69 Å². The van der Waals surface area contributed by atoms with E-state index >= 15 is 0 Å². The summed E-state index contributed by atoms with van der Waals surface area (Å²) >= 11 is 0. The number of carbonyl (C=O) groups is 1. The van der Waals surface area contributed by atoms with Crippen LogP contribution >= 0.6 is 24.8 Å². The minimum atomic E-state index is -0.230. The SMILES string of the molecule is Cc1ccc(N)cc1NC(=O)C(C)N1CCN(c2ccc(F)cc2)CC1.Cl.Cl. The third-order valence-electron chi connectivity index (χ3n) is 4.95. The zero-order valence-electron chi connectivity index (χ0n) is 16.0. The molecule has 1 saturated heterocycles. The molecule has 3 N–H and O–H groups in total. The first-order chi connectivity index (χ1) is 12.4. The third-order valence-corrected chi connectivity index (χ3v) is 4.95. The van der Waals surface area contributed by atoms with Crippen molar-refractivity contribution in [3.8, 4) is 0 Å². The van der Waals surface area contributed by atoms with E-state index in [1.807, 2.05) is 26.0 Å². The summed E-state index contributed by atoms with van der Waals surface area (Å²) in [6.45, 7) is 7.04. The highest BCUT2D eigenvalue weighted by Crippen LogP contribution is 2.20. The molecule has 0 saturated carbocycles. The molecule has 1 fully saturated rings. The van der Waals surface area contributed by atoms with Gasteiger partial charge in [0, 0.05) is 43.2 Å². The molecule has 2 aromatic rings. The minimum Gasteiger partial charge on any atom is -0.399 e. The number of nitrogens with two attached hydrogens (primary N) is 1. The van der Waals surface area contributed by atoms with Gasteiger partial charge in [-0.1, -0.05) is 6.07 Å². The first-order valence-electron chi connectivity index (χ1n) is 8.85. The molecular formula is C20H27Cl2FN4O. The third kappa shape index (κ3) is 5.74. The molecule has 0 bridgehead atoms. The van der Waals surface area contributed by atoms with Crippen LogP contribution in [0.3, 0.4) is 0 Å². The van der Waals surface area contributed by atoms with Crippen molar-refractivity contribution in [1.29, 1.82) is 0 Å². The van der Waals surface area contributed by atoms with Crippen LogP contribution in [0.2, 0.25) is 0 Å². The zero-order chi connectivity index (χ0) is 18.7. The second kappa shape index (κ2) is 10.5. The van der Waals surface area contributed by atoms with Crippen LogP contribution in [0.25, 0.3) is 0 Å². The Hall–Kier alpha value is -2.02. The molecule has 1 aliphatic rings. The van der Waals surface area contributed by atoms with E-state index in [-0.39, 0.29) is 42.6 Å². The van der Waals surface area contributed by atoms with E-state index in [2.05, 4.69) is 15.1 Å². The Morgan fingerprint density at radius 1 is 1.07 bits per heavy atom. The summed E-state index contributed by atoms with van der Waals surface area (Å²) in [7, 11) is 0. The van der Waals surface area contributed by atoms with Crippen molar-refractivity contribution < 1.29 is 9.18 Å². The smallest absolute Gasteiger partial charge is 0.241 e. The lowest BCUT2D eigenvalue weighted by molar-refractivity contribution is -0.120. The summed E-state index contributed by atoms with van der Waals surface area (Å²) in [6.07, 6.45) is 0. The van der Waals surface area contributed by atoms with E-state index in [0.29, 0.717) is 5.69 Å². The highest BCUT2D eigenvalue weighted by Gasteiger charge is 2.26. The van der Waals surface area contributed by atoms with Crippen molar-refractivity contribution in [1.82, 2.24) is 4.90 Å². The fraction of sp³-hybridized carbons (Fsp3) is 0.350. The Bertz CT molecular complexity index is 780. The number of benzene rings is 2. The first kappa shape index (κ1) is 24.0. The number of carbonyl (C=O) groups excluding carboxylic acids is 1. The van der Waals surface area contributed by atoms with E-state index < -0.39 is 0 Å². The van der Waals surface area contributed by atoms with Crippen molar-refractivity contribution in [2.24, 2.45) is 0 Å². The Balaban J connectivity index is 0.00000196. The van der Waals surface area contributed by atoms with Crippen LogP contribution in [0.1, 0.15) is 12.5 Å². The Morgan fingerprint density at radius 3 is 2.29 bits per heavy atom. The molecule has 8 heteroatoms. The van der Waals surface area contributed by atoms with Gasteiger partial charge in [-0.2, -0.15) is 0 Å². The number of hydrogen-bond acceptors (Lipinski definition) is 4. The molecule has 2 aromatic carbocycles. The van der Waals surface area contributed by atoms with Crippen molar-refractivity contribution >= 4 is 47.8 Å². The fourth-order valence-electron chi connectivity index (χ4n) is 3.20. The van der Waals surface area contributed by atoms with Crippen molar-refractivity contribution in [2.45, 2.75) is 19.9 Å².